The van der Waals surface area contributed by atoms with E-state index in [1.54, 1.807) is 16.8 Å². The highest BCUT2D eigenvalue weighted by molar-refractivity contribution is 5.89. The Labute approximate surface area is 93.9 Å². The minimum atomic E-state index is -0.929. The second-order valence-electron chi connectivity index (χ2n) is 3.64. The van der Waals surface area contributed by atoms with Crippen LogP contribution in [0.25, 0.3) is 0 Å². The van der Waals surface area contributed by atoms with Crippen LogP contribution in [-0.2, 0) is 17.8 Å². The highest BCUT2D eigenvalue weighted by atomic mass is 16.4. The van der Waals surface area contributed by atoms with Gasteiger partial charge in [-0.2, -0.15) is 0 Å². The first-order chi connectivity index (χ1) is 7.56. The van der Waals surface area contributed by atoms with E-state index in [1.165, 1.54) is 0 Å². The van der Waals surface area contributed by atoms with Gasteiger partial charge in [-0.3, -0.25) is 4.79 Å². The van der Waals surface area contributed by atoms with E-state index < -0.39 is 5.97 Å². The second-order valence-corrected chi connectivity index (χ2v) is 3.64. The van der Waals surface area contributed by atoms with Crippen LogP contribution in [-0.4, -0.2) is 21.6 Å². The molecule has 1 aromatic rings. The van der Waals surface area contributed by atoms with Crippen LogP contribution >= 0.6 is 0 Å². The fourth-order valence-corrected chi connectivity index (χ4v) is 1.66. The van der Waals surface area contributed by atoms with Crippen molar-refractivity contribution in [2.75, 3.05) is 0 Å². The molecule has 1 rings (SSSR count). The van der Waals surface area contributed by atoms with Gasteiger partial charge < -0.3 is 15.4 Å². The lowest BCUT2D eigenvalue weighted by Gasteiger charge is -2.08. The van der Waals surface area contributed by atoms with Gasteiger partial charge in [0.1, 0.15) is 0 Å². The van der Waals surface area contributed by atoms with Crippen molar-refractivity contribution in [3.8, 4) is 0 Å². The standard InChI is InChI=1S/C11H16N2O3/c1-2-3-9-8(11(15)16)4-6-13(9)7-5-10(12)14/h4,6H,2-3,5,7H2,1H3,(H2,12,14)(H,15,16). The number of carbonyl (C=O) groups excluding carboxylic acids is 1. The molecule has 0 aromatic carbocycles. The fraction of sp³-hybridized carbons (Fsp3) is 0.455. The fourth-order valence-electron chi connectivity index (χ4n) is 1.66. The van der Waals surface area contributed by atoms with E-state index in [0.29, 0.717) is 18.5 Å². The minimum Gasteiger partial charge on any atom is -0.478 e. The molecule has 16 heavy (non-hydrogen) atoms. The van der Waals surface area contributed by atoms with Gasteiger partial charge in [-0.1, -0.05) is 13.3 Å². The third-order valence-corrected chi connectivity index (χ3v) is 2.40. The molecule has 0 bridgehead atoms. The third-order valence-electron chi connectivity index (χ3n) is 2.40. The Kier molecular flexibility index (Phi) is 4.10. The van der Waals surface area contributed by atoms with Gasteiger partial charge >= 0.3 is 5.97 Å². The zero-order chi connectivity index (χ0) is 12.1. The largest absolute Gasteiger partial charge is 0.478 e. The monoisotopic (exact) mass is 224 g/mol. The van der Waals surface area contributed by atoms with Gasteiger partial charge in [0, 0.05) is 24.9 Å². The maximum Gasteiger partial charge on any atom is 0.337 e. The van der Waals surface area contributed by atoms with E-state index in [1.807, 2.05) is 6.92 Å². The lowest BCUT2D eigenvalue weighted by atomic mass is 10.1. The summed E-state index contributed by atoms with van der Waals surface area (Å²) >= 11 is 0. The Morgan fingerprint density at radius 3 is 2.69 bits per heavy atom. The number of hydrogen-bond acceptors (Lipinski definition) is 2. The van der Waals surface area contributed by atoms with Crippen LogP contribution in [0.4, 0.5) is 0 Å². The van der Waals surface area contributed by atoms with Gasteiger partial charge in [-0.05, 0) is 12.5 Å². The molecule has 1 amide bonds. The predicted molar refractivity (Wildman–Crippen MR) is 59.2 cm³/mol. The van der Waals surface area contributed by atoms with Gasteiger partial charge in [0.25, 0.3) is 0 Å². The number of carbonyl (C=O) groups is 2. The number of nitrogens with two attached hydrogens (primary N) is 1. The molecular formula is C11H16N2O3. The lowest BCUT2D eigenvalue weighted by Crippen LogP contribution is -2.15. The molecule has 5 heteroatoms. The number of aromatic nitrogens is 1. The Morgan fingerprint density at radius 1 is 1.50 bits per heavy atom. The molecule has 88 valence electrons. The first-order valence-corrected chi connectivity index (χ1v) is 5.25. The number of aryl methyl sites for hydroxylation is 1. The van der Waals surface area contributed by atoms with Gasteiger partial charge in [0.2, 0.25) is 5.91 Å². The molecule has 1 aromatic heterocycles. The topological polar surface area (TPSA) is 85.3 Å². The van der Waals surface area contributed by atoms with Crippen LogP contribution in [0, 0.1) is 0 Å². The number of aromatic carboxylic acids is 1. The van der Waals surface area contributed by atoms with E-state index in [9.17, 15) is 9.59 Å². The molecule has 0 aliphatic carbocycles. The van der Waals surface area contributed by atoms with Crippen LogP contribution in [0.5, 0.6) is 0 Å². The Bertz CT molecular complexity index is 396. The summed E-state index contributed by atoms with van der Waals surface area (Å²) in [5.41, 5.74) is 6.13. The summed E-state index contributed by atoms with van der Waals surface area (Å²) in [6.07, 6.45) is 3.47. The van der Waals surface area contributed by atoms with Crippen molar-refractivity contribution in [1.82, 2.24) is 4.57 Å². The quantitative estimate of drug-likeness (QED) is 0.756. The van der Waals surface area contributed by atoms with Gasteiger partial charge in [-0.25, -0.2) is 4.79 Å². The van der Waals surface area contributed by atoms with Gasteiger partial charge in [0.15, 0.2) is 0 Å². The SMILES string of the molecule is CCCc1c(C(=O)O)ccn1CCC(N)=O. The van der Waals surface area contributed by atoms with Crippen molar-refractivity contribution in [3.05, 3.63) is 23.5 Å². The second kappa shape index (κ2) is 5.34. The average molecular weight is 224 g/mol. The van der Waals surface area contributed by atoms with Crippen molar-refractivity contribution < 1.29 is 14.7 Å². The van der Waals surface area contributed by atoms with E-state index in [2.05, 4.69) is 0 Å². The number of amides is 1. The zero-order valence-corrected chi connectivity index (χ0v) is 9.27. The van der Waals surface area contributed by atoms with Crippen LogP contribution in [0.3, 0.4) is 0 Å². The minimum absolute atomic E-state index is 0.227. The summed E-state index contributed by atoms with van der Waals surface area (Å²) in [6.45, 7) is 2.43. The van der Waals surface area contributed by atoms with Gasteiger partial charge in [-0.15, -0.1) is 0 Å². The van der Waals surface area contributed by atoms with E-state index in [4.69, 9.17) is 10.8 Å². The van der Waals surface area contributed by atoms with E-state index in [0.717, 1.165) is 12.1 Å². The predicted octanol–water partition coefficient (Wildman–Crippen LogP) is 1.01. The molecular weight excluding hydrogens is 208 g/mol. The summed E-state index contributed by atoms with van der Waals surface area (Å²) in [6, 6.07) is 1.56. The van der Waals surface area contributed by atoms with Crippen LogP contribution in [0.2, 0.25) is 0 Å². The molecule has 0 saturated carbocycles. The van der Waals surface area contributed by atoms with Crippen molar-refractivity contribution in [2.24, 2.45) is 5.73 Å². The number of rotatable bonds is 6. The molecule has 1 heterocycles. The summed E-state index contributed by atoms with van der Waals surface area (Å²) in [5.74, 6) is -1.31. The molecule has 3 N–H and O–H groups in total. The molecule has 0 aliphatic rings. The normalized spacial score (nSPS) is 10.3. The van der Waals surface area contributed by atoms with Gasteiger partial charge in [0.05, 0.1) is 5.56 Å². The van der Waals surface area contributed by atoms with Crippen molar-refractivity contribution in [1.29, 1.82) is 0 Å². The number of nitrogens with zero attached hydrogens (tertiary/aromatic N) is 1. The molecule has 5 nitrogen and oxygen atoms in total. The molecule has 0 spiro atoms. The summed E-state index contributed by atoms with van der Waals surface area (Å²) in [7, 11) is 0. The van der Waals surface area contributed by atoms with Crippen molar-refractivity contribution in [3.63, 3.8) is 0 Å². The Morgan fingerprint density at radius 2 is 2.19 bits per heavy atom. The summed E-state index contributed by atoms with van der Waals surface area (Å²) in [4.78, 5) is 21.6. The Hall–Kier alpha value is -1.78. The van der Waals surface area contributed by atoms with Crippen LogP contribution < -0.4 is 5.73 Å². The third kappa shape index (κ3) is 2.85. The molecule has 0 aliphatic heterocycles. The van der Waals surface area contributed by atoms with E-state index in [-0.39, 0.29) is 12.3 Å². The number of carboxylic acids is 1. The molecule has 0 atom stereocenters. The molecule has 0 saturated heterocycles. The average Bonchev–Trinajstić information content (AvgIpc) is 2.59. The lowest BCUT2D eigenvalue weighted by molar-refractivity contribution is -0.118. The van der Waals surface area contributed by atoms with E-state index >= 15 is 0 Å². The molecule has 0 unspecified atom stereocenters. The first-order valence-electron chi connectivity index (χ1n) is 5.25. The van der Waals surface area contributed by atoms with Crippen molar-refractivity contribution >= 4 is 11.9 Å². The highest BCUT2D eigenvalue weighted by Crippen LogP contribution is 2.14. The molecule has 0 radical (unpaired) electrons. The number of primary amides is 1. The summed E-state index contributed by atoms with van der Waals surface area (Å²) in [5, 5.41) is 8.98. The maximum absolute atomic E-state index is 10.9. The van der Waals surface area contributed by atoms with Crippen molar-refractivity contribution in [2.45, 2.75) is 32.7 Å². The first kappa shape index (κ1) is 12.3. The Balaban J connectivity index is 2.90. The van der Waals surface area contributed by atoms with Crippen LogP contribution in [0.15, 0.2) is 12.3 Å². The molecule has 0 fully saturated rings. The number of carboxylic acid groups (broad SMARTS) is 1. The zero-order valence-electron chi connectivity index (χ0n) is 9.27. The van der Waals surface area contributed by atoms with Crippen LogP contribution in [0.1, 0.15) is 35.8 Å². The highest BCUT2D eigenvalue weighted by Gasteiger charge is 2.14. The smallest absolute Gasteiger partial charge is 0.337 e. The number of hydrogen-bond donors (Lipinski definition) is 2. The maximum atomic E-state index is 10.9. The summed E-state index contributed by atoms with van der Waals surface area (Å²) < 4.78 is 1.79.